The lowest BCUT2D eigenvalue weighted by molar-refractivity contribution is 0.247. The first-order valence-electron chi connectivity index (χ1n) is 7.96. The summed E-state index contributed by atoms with van der Waals surface area (Å²) in [6.07, 6.45) is 4.96. The largest absolute Gasteiger partial charge is 0.313 e. The van der Waals surface area contributed by atoms with Crippen LogP contribution in [-0.2, 0) is 13.1 Å². The minimum atomic E-state index is -0.0626. The van der Waals surface area contributed by atoms with E-state index >= 15 is 0 Å². The zero-order valence-electron chi connectivity index (χ0n) is 12.8. The number of unbranched alkanes of at least 4 members (excludes halogenated alkanes) is 1. The highest BCUT2D eigenvalue weighted by molar-refractivity contribution is 5.25. The predicted molar refractivity (Wildman–Crippen MR) is 82.1 cm³/mol. The van der Waals surface area contributed by atoms with E-state index in [-0.39, 0.29) is 5.82 Å². The molecular weight excluding hydrogens is 251 g/mol. The summed E-state index contributed by atoms with van der Waals surface area (Å²) in [6.45, 7) is 7.92. The second kappa shape index (κ2) is 7.75. The number of nitrogens with one attached hydrogen (secondary N) is 1. The van der Waals surface area contributed by atoms with Crippen molar-refractivity contribution in [2.45, 2.75) is 58.7 Å². The van der Waals surface area contributed by atoms with Crippen LogP contribution in [0.3, 0.4) is 0 Å². The SMILES string of the molecule is CCCCN(Cc1cc(CNCC)ccc1F)C1CC1. The smallest absolute Gasteiger partial charge is 0.127 e. The van der Waals surface area contributed by atoms with E-state index in [4.69, 9.17) is 0 Å². The normalized spacial score (nSPS) is 15.0. The van der Waals surface area contributed by atoms with Crippen LogP contribution >= 0.6 is 0 Å². The average Bonchev–Trinajstić information content (AvgIpc) is 3.28. The fourth-order valence-electron chi connectivity index (χ4n) is 2.54. The average molecular weight is 278 g/mol. The lowest BCUT2D eigenvalue weighted by Gasteiger charge is -2.22. The molecular formula is C17H27FN2. The second-order valence-corrected chi connectivity index (χ2v) is 5.76. The molecule has 1 fully saturated rings. The van der Waals surface area contributed by atoms with Crippen molar-refractivity contribution in [3.05, 3.63) is 35.1 Å². The Balaban J connectivity index is 2.01. The molecule has 0 amide bonds. The van der Waals surface area contributed by atoms with Crippen LogP contribution in [0.25, 0.3) is 0 Å². The van der Waals surface area contributed by atoms with Crippen molar-refractivity contribution in [2.24, 2.45) is 0 Å². The van der Waals surface area contributed by atoms with Gasteiger partial charge in [0.15, 0.2) is 0 Å². The fraction of sp³-hybridized carbons (Fsp3) is 0.647. The Bertz CT molecular complexity index is 415. The van der Waals surface area contributed by atoms with Gasteiger partial charge in [-0.05, 0) is 44.0 Å². The Morgan fingerprint density at radius 3 is 2.75 bits per heavy atom. The first-order valence-corrected chi connectivity index (χ1v) is 7.96. The van der Waals surface area contributed by atoms with Gasteiger partial charge in [-0.15, -0.1) is 0 Å². The highest BCUT2D eigenvalue weighted by atomic mass is 19.1. The monoisotopic (exact) mass is 278 g/mol. The number of benzene rings is 1. The maximum absolute atomic E-state index is 14.0. The van der Waals surface area contributed by atoms with Crippen molar-refractivity contribution in [1.29, 1.82) is 0 Å². The second-order valence-electron chi connectivity index (χ2n) is 5.76. The van der Waals surface area contributed by atoms with E-state index in [2.05, 4.69) is 24.1 Å². The van der Waals surface area contributed by atoms with Gasteiger partial charge < -0.3 is 5.32 Å². The van der Waals surface area contributed by atoms with Crippen molar-refractivity contribution in [2.75, 3.05) is 13.1 Å². The maximum Gasteiger partial charge on any atom is 0.127 e. The summed E-state index contributed by atoms with van der Waals surface area (Å²) >= 11 is 0. The molecule has 0 unspecified atom stereocenters. The van der Waals surface area contributed by atoms with Crippen LogP contribution in [0, 0.1) is 5.82 Å². The molecule has 1 aromatic carbocycles. The summed E-state index contributed by atoms with van der Waals surface area (Å²) in [6, 6.07) is 6.22. The minimum Gasteiger partial charge on any atom is -0.313 e. The van der Waals surface area contributed by atoms with Gasteiger partial charge in [0.2, 0.25) is 0 Å². The first-order chi connectivity index (χ1) is 9.74. The summed E-state index contributed by atoms with van der Waals surface area (Å²) in [5.41, 5.74) is 2.03. The first kappa shape index (κ1) is 15.5. The van der Waals surface area contributed by atoms with Crippen molar-refractivity contribution in [3.8, 4) is 0 Å². The molecule has 3 heteroatoms. The molecule has 0 atom stereocenters. The van der Waals surface area contributed by atoms with Crippen molar-refractivity contribution < 1.29 is 4.39 Å². The van der Waals surface area contributed by atoms with Gasteiger partial charge in [0.05, 0.1) is 0 Å². The Kier molecular flexibility index (Phi) is 5.99. The van der Waals surface area contributed by atoms with Crippen LogP contribution in [0.15, 0.2) is 18.2 Å². The third-order valence-electron chi connectivity index (χ3n) is 3.92. The van der Waals surface area contributed by atoms with Crippen molar-refractivity contribution in [1.82, 2.24) is 10.2 Å². The molecule has 20 heavy (non-hydrogen) atoms. The summed E-state index contributed by atoms with van der Waals surface area (Å²) < 4.78 is 14.0. The third kappa shape index (κ3) is 4.57. The zero-order valence-corrected chi connectivity index (χ0v) is 12.8. The topological polar surface area (TPSA) is 15.3 Å². The van der Waals surface area contributed by atoms with Gasteiger partial charge in [0.25, 0.3) is 0 Å². The standard InChI is InChI=1S/C17H27FN2/c1-3-5-10-20(16-7-8-16)13-15-11-14(12-19-4-2)6-9-17(15)18/h6,9,11,16,19H,3-5,7-8,10,12-13H2,1-2H3. The quantitative estimate of drug-likeness (QED) is 0.741. The van der Waals surface area contributed by atoms with Crippen molar-refractivity contribution in [3.63, 3.8) is 0 Å². The van der Waals surface area contributed by atoms with Crippen LogP contribution in [0.4, 0.5) is 4.39 Å². The third-order valence-corrected chi connectivity index (χ3v) is 3.92. The van der Waals surface area contributed by atoms with E-state index in [0.29, 0.717) is 6.04 Å². The lowest BCUT2D eigenvalue weighted by atomic mass is 10.1. The molecule has 112 valence electrons. The van der Waals surface area contributed by atoms with Crippen LogP contribution in [0.1, 0.15) is 50.7 Å². The molecule has 0 heterocycles. The van der Waals surface area contributed by atoms with Crippen molar-refractivity contribution >= 4 is 0 Å². The molecule has 1 aliphatic carbocycles. The molecule has 0 bridgehead atoms. The molecule has 0 aromatic heterocycles. The number of halogens is 1. The summed E-state index contributed by atoms with van der Waals surface area (Å²) in [7, 11) is 0. The van der Waals surface area contributed by atoms with E-state index in [1.54, 1.807) is 6.07 Å². The van der Waals surface area contributed by atoms with Gasteiger partial charge >= 0.3 is 0 Å². The Hall–Kier alpha value is -0.930. The molecule has 0 aliphatic heterocycles. The molecule has 1 aromatic rings. The Morgan fingerprint density at radius 2 is 2.10 bits per heavy atom. The molecule has 2 nitrogen and oxygen atoms in total. The van der Waals surface area contributed by atoms with Crippen LogP contribution < -0.4 is 5.32 Å². The summed E-state index contributed by atoms with van der Waals surface area (Å²) in [4.78, 5) is 2.46. The lowest BCUT2D eigenvalue weighted by Crippen LogP contribution is -2.27. The van der Waals surface area contributed by atoms with Gasteiger partial charge in [-0.1, -0.05) is 32.4 Å². The summed E-state index contributed by atoms with van der Waals surface area (Å²) in [5.74, 6) is -0.0626. The fourth-order valence-corrected chi connectivity index (χ4v) is 2.54. The molecule has 0 saturated heterocycles. The molecule has 1 saturated carbocycles. The highest BCUT2D eigenvalue weighted by Gasteiger charge is 2.28. The number of hydrogen-bond acceptors (Lipinski definition) is 2. The zero-order chi connectivity index (χ0) is 14.4. The summed E-state index contributed by atoms with van der Waals surface area (Å²) in [5, 5.41) is 3.30. The number of rotatable bonds is 9. The maximum atomic E-state index is 14.0. The number of nitrogens with zero attached hydrogens (tertiary/aromatic N) is 1. The van der Waals surface area contributed by atoms with E-state index in [0.717, 1.165) is 31.7 Å². The van der Waals surface area contributed by atoms with Gasteiger partial charge in [-0.3, -0.25) is 4.90 Å². The van der Waals surface area contributed by atoms with E-state index < -0.39 is 0 Å². The van der Waals surface area contributed by atoms with Crippen LogP contribution in [-0.4, -0.2) is 24.0 Å². The Morgan fingerprint density at radius 1 is 1.30 bits per heavy atom. The predicted octanol–water partition coefficient (Wildman–Crippen LogP) is 3.70. The van der Waals surface area contributed by atoms with Gasteiger partial charge in [0.1, 0.15) is 5.82 Å². The minimum absolute atomic E-state index is 0.0626. The molecule has 0 radical (unpaired) electrons. The molecule has 1 N–H and O–H groups in total. The molecule has 1 aliphatic rings. The van der Waals surface area contributed by atoms with Crippen LogP contribution in [0.2, 0.25) is 0 Å². The van der Waals surface area contributed by atoms with Gasteiger partial charge in [-0.25, -0.2) is 4.39 Å². The van der Waals surface area contributed by atoms with Gasteiger partial charge in [0, 0.05) is 24.7 Å². The van der Waals surface area contributed by atoms with E-state index in [1.165, 1.54) is 31.2 Å². The van der Waals surface area contributed by atoms with E-state index in [1.807, 2.05) is 12.1 Å². The Labute approximate surface area is 122 Å². The van der Waals surface area contributed by atoms with E-state index in [9.17, 15) is 4.39 Å². The molecule has 2 rings (SSSR count). The van der Waals surface area contributed by atoms with Gasteiger partial charge in [-0.2, -0.15) is 0 Å². The van der Waals surface area contributed by atoms with Crippen LogP contribution in [0.5, 0.6) is 0 Å². The molecule has 0 spiro atoms. The number of hydrogen-bond donors (Lipinski definition) is 1. The highest BCUT2D eigenvalue weighted by Crippen LogP contribution is 2.29.